The maximum Gasteiger partial charge on any atom is 0.251 e. The van der Waals surface area contributed by atoms with Crippen LogP contribution in [0.3, 0.4) is 0 Å². The van der Waals surface area contributed by atoms with Gasteiger partial charge >= 0.3 is 0 Å². The van der Waals surface area contributed by atoms with Crippen molar-refractivity contribution in [3.05, 3.63) is 101 Å². The number of hydrogen-bond acceptors (Lipinski definition) is 7. The van der Waals surface area contributed by atoms with E-state index >= 15 is 0 Å². The minimum atomic E-state index is -3.69. The molecule has 4 N–H and O–H groups in total. The summed E-state index contributed by atoms with van der Waals surface area (Å²) in [6.07, 6.45) is 4.24. The van der Waals surface area contributed by atoms with Crippen LogP contribution in [-0.2, 0) is 16.4 Å². The second kappa shape index (κ2) is 16.7. The zero-order valence-corrected chi connectivity index (χ0v) is 27.8. The Labute approximate surface area is 273 Å². The maximum atomic E-state index is 13.8. The van der Waals surface area contributed by atoms with E-state index in [9.17, 15) is 23.1 Å². The summed E-state index contributed by atoms with van der Waals surface area (Å²) in [5.41, 5.74) is 2.27. The van der Waals surface area contributed by atoms with Gasteiger partial charge in [-0.05, 0) is 68.6 Å². The van der Waals surface area contributed by atoms with Gasteiger partial charge in [-0.15, -0.1) is 0 Å². The highest BCUT2D eigenvalue weighted by molar-refractivity contribution is 7.92. The molecule has 3 atom stereocenters. The minimum Gasteiger partial charge on any atom is -0.390 e. The lowest BCUT2D eigenvalue weighted by Gasteiger charge is -2.28. The fourth-order valence-corrected chi connectivity index (χ4v) is 6.06. The highest BCUT2D eigenvalue weighted by Gasteiger charge is 2.25. The topological polar surface area (TPSA) is 131 Å². The minimum absolute atomic E-state index is 0.105. The number of aliphatic hydroxyl groups is 1. The molecule has 0 bridgehead atoms. The molecule has 10 nitrogen and oxygen atoms in total. The smallest absolute Gasteiger partial charge is 0.251 e. The van der Waals surface area contributed by atoms with Crippen LogP contribution in [0, 0.1) is 0 Å². The first-order valence-electron chi connectivity index (χ1n) is 15.9. The first kappa shape index (κ1) is 35.1. The molecule has 248 valence electrons. The lowest BCUT2D eigenvalue weighted by Crippen LogP contribution is -2.49. The Morgan fingerprint density at radius 1 is 0.891 bits per heavy atom. The normalized spacial score (nSPS) is 15.8. The predicted molar refractivity (Wildman–Crippen MR) is 183 cm³/mol. The van der Waals surface area contributed by atoms with E-state index in [0.29, 0.717) is 6.42 Å². The van der Waals surface area contributed by atoms with Crippen molar-refractivity contribution in [2.45, 2.75) is 50.8 Å². The van der Waals surface area contributed by atoms with Crippen LogP contribution in [0.2, 0.25) is 0 Å². The quantitative estimate of drug-likeness (QED) is 0.186. The third-order valence-electron chi connectivity index (χ3n) is 8.44. The van der Waals surface area contributed by atoms with Gasteiger partial charge in [-0.3, -0.25) is 13.9 Å². The molecule has 3 aromatic rings. The molecule has 0 aliphatic carbocycles. The first-order chi connectivity index (χ1) is 22.0. The van der Waals surface area contributed by atoms with Gasteiger partial charge in [-0.25, -0.2) is 8.42 Å². The maximum absolute atomic E-state index is 13.8. The van der Waals surface area contributed by atoms with Crippen LogP contribution in [0.4, 0.5) is 5.69 Å². The summed E-state index contributed by atoms with van der Waals surface area (Å²) in [5.74, 6) is -0.977. The van der Waals surface area contributed by atoms with E-state index < -0.39 is 34.0 Å². The van der Waals surface area contributed by atoms with Gasteiger partial charge in [0.2, 0.25) is 10.0 Å². The van der Waals surface area contributed by atoms with Gasteiger partial charge in [0.1, 0.15) is 0 Å². The number of hydrogen-bond donors (Lipinski definition) is 4. The van der Waals surface area contributed by atoms with E-state index in [1.54, 1.807) is 0 Å². The van der Waals surface area contributed by atoms with E-state index in [1.807, 2.05) is 67.6 Å². The third-order valence-corrected chi connectivity index (χ3v) is 9.64. The van der Waals surface area contributed by atoms with Crippen LogP contribution in [-0.4, -0.2) is 88.4 Å². The molecule has 46 heavy (non-hydrogen) atoms. The Hall–Kier alpha value is -3.77. The van der Waals surface area contributed by atoms with E-state index in [-0.39, 0.29) is 29.4 Å². The average Bonchev–Trinajstić information content (AvgIpc) is 3.06. The third kappa shape index (κ3) is 10.4. The summed E-state index contributed by atoms with van der Waals surface area (Å²) < 4.78 is 25.9. The fourth-order valence-electron chi connectivity index (χ4n) is 5.57. The van der Waals surface area contributed by atoms with Crippen LogP contribution in [0.15, 0.2) is 78.9 Å². The SMILES string of the molecule is CC(NC(=O)c1cc(C(=O)NC(Cc2ccccc2)C(O)CNCCN2CCCCC2)cc(N(C)S(C)(=O)=O)c1)c1ccccc1. The van der Waals surface area contributed by atoms with Crippen molar-refractivity contribution in [1.82, 2.24) is 20.9 Å². The van der Waals surface area contributed by atoms with Crippen molar-refractivity contribution >= 4 is 27.5 Å². The molecule has 3 aromatic carbocycles. The van der Waals surface area contributed by atoms with Crippen LogP contribution >= 0.6 is 0 Å². The van der Waals surface area contributed by atoms with Gasteiger partial charge in [-0.1, -0.05) is 67.1 Å². The Balaban J connectivity index is 1.53. The molecule has 0 aromatic heterocycles. The second-order valence-electron chi connectivity index (χ2n) is 12.0. The lowest BCUT2D eigenvalue weighted by molar-refractivity contribution is 0.0828. The Kier molecular flexibility index (Phi) is 12.7. The van der Waals surface area contributed by atoms with Crippen LogP contribution in [0.5, 0.6) is 0 Å². The van der Waals surface area contributed by atoms with Crippen molar-refractivity contribution < 1.29 is 23.1 Å². The number of nitrogens with zero attached hydrogens (tertiary/aromatic N) is 2. The van der Waals surface area contributed by atoms with Crippen LogP contribution < -0.4 is 20.3 Å². The molecule has 0 spiro atoms. The number of carbonyl (C=O) groups is 2. The lowest BCUT2D eigenvalue weighted by atomic mass is 10.00. The monoisotopic (exact) mass is 649 g/mol. The first-order valence-corrected chi connectivity index (χ1v) is 17.8. The van der Waals surface area contributed by atoms with E-state index in [4.69, 9.17) is 0 Å². The van der Waals surface area contributed by atoms with Gasteiger partial charge in [0.25, 0.3) is 11.8 Å². The summed E-state index contributed by atoms with van der Waals surface area (Å²) in [6, 6.07) is 22.4. The second-order valence-corrected chi connectivity index (χ2v) is 14.1. The van der Waals surface area contributed by atoms with Crippen molar-refractivity contribution in [3.63, 3.8) is 0 Å². The number of rotatable bonds is 15. The highest BCUT2D eigenvalue weighted by Crippen LogP contribution is 2.22. The molecule has 1 fully saturated rings. The van der Waals surface area contributed by atoms with Crippen molar-refractivity contribution in [1.29, 1.82) is 0 Å². The number of piperidine rings is 1. The zero-order valence-electron chi connectivity index (χ0n) is 27.0. The molecular weight excluding hydrogens is 602 g/mol. The van der Waals surface area contributed by atoms with Crippen molar-refractivity contribution in [2.24, 2.45) is 0 Å². The predicted octanol–water partition coefficient (Wildman–Crippen LogP) is 3.35. The molecule has 3 unspecified atom stereocenters. The van der Waals surface area contributed by atoms with Crippen molar-refractivity contribution in [2.75, 3.05) is 50.3 Å². The van der Waals surface area contributed by atoms with E-state index in [2.05, 4.69) is 20.9 Å². The molecule has 11 heteroatoms. The molecule has 1 heterocycles. The number of likely N-dealkylation sites (tertiary alicyclic amines) is 1. The molecule has 4 rings (SSSR count). The summed E-state index contributed by atoms with van der Waals surface area (Å²) in [7, 11) is -2.31. The summed E-state index contributed by atoms with van der Waals surface area (Å²) in [4.78, 5) is 29.6. The Morgan fingerprint density at radius 3 is 2.09 bits per heavy atom. The molecular formula is C35H47N5O5S. The standard InChI is InChI=1S/C35H47N5O5S/c1-26(28-15-9-5-10-16-28)37-34(42)29-22-30(24-31(23-29)39(2)46(3,44)45)35(43)38-32(21-27-13-7-4-8-14-27)33(41)25-36-17-20-40-18-11-6-12-19-40/h4-5,7-10,13-16,22-24,26,32-33,36,41H,6,11-12,17-21,25H2,1-3H3,(H,37,42)(H,38,43). The largest absolute Gasteiger partial charge is 0.390 e. The van der Waals surface area contributed by atoms with Gasteiger partial charge < -0.3 is 26.0 Å². The summed E-state index contributed by atoms with van der Waals surface area (Å²) in [5, 5.41) is 20.5. The molecule has 1 aliphatic rings. The number of anilines is 1. The Morgan fingerprint density at radius 2 is 1.48 bits per heavy atom. The Bertz CT molecular complexity index is 1530. The highest BCUT2D eigenvalue weighted by atomic mass is 32.2. The van der Waals surface area contributed by atoms with Gasteiger partial charge in [0, 0.05) is 37.8 Å². The van der Waals surface area contributed by atoms with Crippen LogP contribution in [0.1, 0.15) is 64.1 Å². The van der Waals surface area contributed by atoms with Crippen LogP contribution in [0.25, 0.3) is 0 Å². The number of carbonyl (C=O) groups excluding carboxylic acids is 2. The van der Waals surface area contributed by atoms with E-state index in [1.165, 1.54) is 44.5 Å². The van der Waals surface area contributed by atoms with Crippen molar-refractivity contribution in [3.8, 4) is 0 Å². The van der Waals surface area contributed by atoms with Gasteiger partial charge in [0.15, 0.2) is 0 Å². The number of benzene rings is 3. The number of sulfonamides is 1. The molecule has 0 radical (unpaired) electrons. The number of nitrogens with one attached hydrogen (secondary N) is 3. The van der Waals surface area contributed by atoms with E-state index in [0.717, 1.165) is 47.9 Å². The molecule has 1 aliphatic heterocycles. The van der Waals surface area contributed by atoms with Gasteiger partial charge in [-0.2, -0.15) is 0 Å². The summed E-state index contributed by atoms with van der Waals surface area (Å²) >= 11 is 0. The van der Waals surface area contributed by atoms with Gasteiger partial charge in [0.05, 0.1) is 30.1 Å². The number of aliphatic hydroxyl groups excluding tert-OH is 1. The molecule has 0 saturated carbocycles. The fraction of sp³-hybridized carbons (Fsp3) is 0.429. The number of amides is 2. The molecule has 1 saturated heterocycles. The molecule has 2 amide bonds. The average molecular weight is 650 g/mol. The summed E-state index contributed by atoms with van der Waals surface area (Å²) in [6.45, 7) is 5.95. The zero-order chi connectivity index (χ0) is 33.1.